The summed E-state index contributed by atoms with van der Waals surface area (Å²) in [6.07, 6.45) is 0.818. The number of hydrogen-bond acceptors (Lipinski definition) is 5. The Labute approximate surface area is 184 Å². The summed E-state index contributed by atoms with van der Waals surface area (Å²) in [5.74, 6) is 0.768. The lowest BCUT2D eigenvalue weighted by atomic mass is 10.1. The van der Waals surface area contributed by atoms with Crippen LogP contribution in [0.2, 0.25) is 5.02 Å². The number of nitrogens with zero attached hydrogens (tertiary/aromatic N) is 2. The van der Waals surface area contributed by atoms with E-state index < -0.39 is 0 Å². The predicted octanol–water partition coefficient (Wildman–Crippen LogP) is 5.11. The van der Waals surface area contributed by atoms with Crippen LogP contribution >= 0.6 is 11.6 Å². The fraction of sp³-hybridized carbons (Fsp3) is 0.174. The molecule has 0 fully saturated rings. The van der Waals surface area contributed by atoms with Crippen LogP contribution in [0.1, 0.15) is 23.0 Å². The molecule has 2 heterocycles. The van der Waals surface area contributed by atoms with Gasteiger partial charge in [0.2, 0.25) is 0 Å². The van der Waals surface area contributed by atoms with Crippen molar-refractivity contribution in [1.29, 1.82) is 0 Å². The van der Waals surface area contributed by atoms with E-state index in [2.05, 4.69) is 20.5 Å². The zero-order valence-electron chi connectivity index (χ0n) is 17.3. The summed E-state index contributed by atoms with van der Waals surface area (Å²) in [5, 5.41) is 11.7. The lowest BCUT2D eigenvalue weighted by molar-refractivity contribution is 0.102. The quantitative estimate of drug-likeness (QED) is 0.438. The first kappa shape index (κ1) is 20.7. The van der Waals surface area contributed by atoms with Crippen molar-refractivity contribution in [2.45, 2.75) is 13.3 Å². The Bertz CT molecular complexity index is 1250. The Hall–Kier alpha value is -3.58. The van der Waals surface area contributed by atoms with Crippen molar-refractivity contribution in [2.75, 3.05) is 19.5 Å². The third kappa shape index (κ3) is 4.18. The number of nitrogens with one attached hydrogen (secondary N) is 2. The Kier molecular flexibility index (Phi) is 5.77. The van der Waals surface area contributed by atoms with Crippen LogP contribution in [0, 0.1) is 0 Å². The molecule has 0 unspecified atom stereocenters. The summed E-state index contributed by atoms with van der Waals surface area (Å²) in [6.45, 7) is 2.05. The van der Waals surface area contributed by atoms with Gasteiger partial charge in [0.05, 0.1) is 30.6 Å². The van der Waals surface area contributed by atoms with E-state index in [1.165, 1.54) is 14.2 Å². The van der Waals surface area contributed by atoms with Crippen LogP contribution in [-0.4, -0.2) is 35.3 Å². The van der Waals surface area contributed by atoms with Gasteiger partial charge in [0, 0.05) is 28.3 Å². The molecule has 2 aromatic carbocycles. The van der Waals surface area contributed by atoms with Crippen molar-refractivity contribution >= 4 is 34.2 Å². The van der Waals surface area contributed by atoms with E-state index in [9.17, 15) is 4.79 Å². The Morgan fingerprint density at radius 1 is 1.06 bits per heavy atom. The highest BCUT2D eigenvalue weighted by Crippen LogP contribution is 2.31. The van der Waals surface area contributed by atoms with Crippen LogP contribution in [0.4, 0.5) is 5.69 Å². The number of amides is 1. The number of rotatable bonds is 6. The number of fused-ring (bicyclic) bond motifs is 1. The molecule has 1 amide bonds. The number of aryl methyl sites for hydroxylation is 1. The molecule has 2 N–H and O–H groups in total. The molecule has 0 bridgehead atoms. The first-order valence-corrected chi connectivity index (χ1v) is 10.1. The largest absolute Gasteiger partial charge is 0.497 e. The van der Waals surface area contributed by atoms with E-state index in [1.807, 2.05) is 19.1 Å². The molecular formula is C23H21ClN4O3. The third-order valence-corrected chi connectivity index (χ3v) is 5.28. The molecule has 0 radical (unpaired) electrons. The molecule has 0 saturated carbocycles. The zero-order valence-corrected chi connectivity index (χ0v) is 18.1. The smallest absolute Gasteiger partial charge is 0.255 e. The number of carbonyl (C=O) groups excluding carboxylic acids is 1. The second kappa shape index (κ2) is 8.65. The van der Waals surface area contributed by atoms with Gasteiger partial charge < -0.3 is 14.8 Å². The van der Waals surface area contributed by atoms with Gasteiger partial charge in [0.15, 0.2) is 5.65 Å². The summed E-state index contributed by atoms with van der Waals surface area (Å²) >= 11 is 6.44. The van der Waals surface area contributed by atoms with Crippen LogP contribution in [0.3, 0.4) is 0 Å². The molecule has 0 spiro atoms. The normalized spacial score (nSPS) is 10.8. The van der Waals surface area contributed by atoms with E-state index in [-0.39, 0.29) is 5.91 Å². The highest BCUT2D eigenvalue weighted by Gasteiger charge is 2.14. The molecule has 0 aliphatic rings. The molecule has 7 nitrogen and oxygen atoms in total. The lowest BCUT2D eigenvalue weighted by Gasteiger charge is -2.11. The number of anilines is 1. The first-order chi connectivity index (χ1) is 15.0. The number of aromatic nitrogens is 3. The predicted molar refractivity (Wildman–Crippen MR) is 121 cm³/mol. The number of carbonyl (C=O) groups is 1. The van der Waals surface area contributed by atoms with Crippen molar-refractivity contribution < 1.29 is 14.3 Å². The van der Waals surface area contributed by atoms with Crippen molar-refractivity contribution in [3.8, 4) is 22.8 Å². The molecule has 2 aromatic heterocycles. The maximum absolute atomic E-state index is 12.8. The number of ether oxygens (including phenoxy) is 2. The van der Waals surface area contributed by atoms with Crippen LogP contribution in [0.5, 0.6) is 11.5 Å². The molecule has 0 atom stereocenters. The topological polar surface area (TPSA) is 89.1 Å². The standard InChI is InChI=1S/C23H21ClN4O3/c1-4-20-17-6-8-21(26-22(17)28-27-20)18-11-14(5-7-19(18)24)25-23(29)13-9-15(30-2)12-16(10-13)31-3/h5-12H,4H2,1-3H3,(H,25,29)(H,26,27,28). The minimum atomic E-state index is -0.296. The van der Waals surface area contributed by atoms with Gasteiger partial charge >= 0.3 is 0 Å². The minimum absolute atomic E-state index is 0.296. The van der Waals surface area contributed by atoms with E-state index in [0.717, 1.165) is 17.5 Å². The zero-order chi connectivity index (χ0) is 22.0. The number of pyridine rings is 1. The van der Waals surface area contributed by atoms with E-state index in [1.54, 1.807) is 36.4 Å². The maximum atomic E-state index is 12.8. The first-order valence-electron chi connectivity index (χ1n) is 9.70. The third-order valence-electron chi connectivity index (χ3n) is 4.95. The lowest BCUT2D eigenvalue weighted by Crippen LogP contribution is -2.12. The van der Waals surface area contributed by atoms with E-state index in [0.29, 0.717) is 44.7 Å². The molecular weight excluding hydrogens is 416 g/mol. The van der Waals surface area contributed by atoms with Gasteiger partial charge in [-0.15, -0.1) is 0 Å². The van der Waals surface area contributed by atoms with Gasteiger partial charge in [-0.1, -0.05) is 18.5 Å². The van der Waals surface area contributed by atoms with Crippen LogP contribution in [0.25, 0.3) is 22.3 Å². The van der Waals surface area contributed by atoms with Crippen molar-refractivity contribution in [1.82, 2.24) is 15.2 Å². The number of aromatic amines is 1. The van der Waals surface area contributed by atoms with Gasteiger partial charge in [-0.2, -0.15) is 5.10 Å². The van der Waals surface area contributed by atoms with Gasteiger partial charge in [-0.3, -0.25) is 9.89 Å². The van der Waals surface area contributed by atoms with Gasteiger partial charge in [-0.25, -0.2) is 4.98 Å². The van der Waals surface area contributed by atoms with Crippen molar-refractivity contribution in [3.05, 3.63) is 64.8 Å². The minimum Gasteiger partial charge on any atom is -0.497 e. The highest BCUT2D eigenvalue weighted by molar-refractivity contribution is 6.33. The monoisotopic (exact) mass is 436 g/mol. The fourth-order valence-corrected chi connectivity index (χ4v) is 3.53. The SMILES string of the molecule is CCc1n[nH]c2nc(-c3cc(NC(=O)c4cc(OC)cc(OC)c4)ccc3Cl)ccc12. The second-order valence-corrected chi connectivity index (χ2v) is 7.27. The Morgan fingerprint density at radius 3 is 2.48 bits per heavy atom. The van der Waals surface area contributed by atoms with Crippen LogP contribution in [0.15, 0.2) is 48.5 Å². The number of methoxy groups -OCH3 is 2. The van der Waals surface area contributed by atoms with Crippen molar-refractivity contribution in [2.24, 2.45) is 0 Å². The number of halogens is 1. The Morgan fingerprint density at radius 2 is 1.81 bits per heavy atom. The molecule has 31 heavy (non-hydrogen) atoms. The van der Waals surface area contributed by atoms with Crippen molar-refractivity contribution in [3.63, 3.8) is 0 Å². The molecule has 4 aromatic rings. The summed E-state index contributed by atoms with van der Waals surface area (Å²) in [4.78, 5) is 17.5. The average Bonchev–Trinajstić information content (AvgIpc) is 3.22. The molecule has 0 saturated heterocycles. The maximum Gasteiger partial charge on any atom is 0.255 e. The van der Waals surface area contributed by atoms with Crippen LogP contribution < -0.4 is 14.8 Å². The molecule has 4 rings (SSSR count). The number of hydrogen-bond donors (Lipinski definition) is 2. The summed E-state index contributed by atoms with van der Waals surface area (Å²) in [7, 11) is 3.07. The Balaban J connectivity index is 1.65. The summed E-state index contributed by atoms with van der Waals surface area (Å²) in [5.41, 5.74) is 4.06. The summed E-state index contributed by atoms with van der Waals surface area (Å²) < 4.78 is 10.5. The van der Waals surface area contributed by atoms with Gasteiger partial charge in [0.1, 0.15) is 11.5 Å². The second-order valence-electron chi connectivity index (χ2n) is 6.87. The summed E-state index contributed by atoms with van der Waals surface area (Å²) in [6, 6.07) is 14.1. The van der Waals surface area contributed by atoms with Gasteiger partial charge in [-0.05, 0) is 48.9 Å². The van der Waals surface area contributed by atoms with E-state index >= 15 is 0 Å². The molecule has 0 aliphatic heterocycles. The van der Waals surface area contributed by atoms with E-state index in [4.69, 9.17) is 21.1 Å². The van der Waals surface area contributed by atoms with Crippen LogP contribution in [-0.2, 0) is 6.42 Å². The molecule has 0 aliphatic carbocycles. The number of H-pyrrole nitrogens is 1. The highest BCUT2D eigenvalue weighted by atomic mass is 35.5. The molecule has 8 heteroatoms. The molecule has 158 valence electrons. The van der Waals surface area contributed by atoms with Gasteiger partial charge in [0.25, 0.3) is 5.91 Å². The number of benzene rings is 2. The average molecular weight is 437 g/mol. The fourth-order valence-electron chi connectivity index (χ4n) is 3.32.